The highest BCUT2D eigenvalue weighted by Crippen LogP contribution is 2.80. The summed E-state index contributed by atoms with van der Waals surface area (Å²) in [5.41, 5.74) is -5.89. The predicted octanol–water partition coefficient (Wildman–Crippen LogP) is 3.75. The highest BCUT2D eigenvalue weighted by molar-refractivity contribution is 5.44. The molecule has 3 fully saturated rings. The monoisotopic (exact) mass is 506 g/mol. The van der Waals surface area contributed by atoms with Gasteiger partial charge in [-0.25, -0.2) is 22.2 Å². The van der Waals surface area contributed by atoms with Crippen LogP contribution in [-0.2, 0) is 17.6 Å². The minimum Gasteiger partial charge on any atom is -0.491 e. The first-order valence-electron chi connectivity index (χ1n) is 11.5. The van der Waals surface area contributed by atoms with Crippen molar-refractivity contribution in [3.05, 3.63) is 71.6 Å². The molecule has 6 rings (SSSR count). The van der Waals surface area contributed by atoms with E-state index in [9.17, 15) is 19.0 Å². The van der Waals surface area contributed by atoms with Gasteiger partial charge in [-0.15, -0.1) is 5.10 Å². The summed E-state index contributed by atoms with van der Waals surface area (Å²) in [6, 6.07) is 9.24. The molecule has 2 bridgehead atoms. The molecule has 3 saturated carbocycles. The molecule has 1 atom stereocenters. The lowest BCUT2D eigenvalue weighted by molar-refractivity contribution is -0.347. The van der Waals surface area contributed by atoms with E-state index in [4.69, 9.17) is 4.74 Å². The summed E-state index contributed by atoms with van der Waals surface area (Å²) in [4.78, 5) is 0. The summed E-state index contributed by atoms with van der Waals surface area (Å²) >= 11 is 0. The number of hydrogen-bond donors (Lipinski definition) is 2. The van der Waals surface area contributed by atoms with Gasteiger partial charge in [0.1, 0.15) is 30.3 Å². The van der Waals surface area contributed by atoms with Gasteiger partial charge in [0.05, 0.1) is 12.1 Å². The summed E-state index contributed by atoms with van der Waals surface area (Å²) in [5, 5.41) is 31.6. The third-order valence-electron chi connectivity index (χ3n) is 7.43. The molecule has 2 N–H and O–H groups in total. The molecule has 36 heavy (non-hydrogen) atoms. The Balaban J connectivity index is 1.39. The van der Waals surface area contributed by atoms with E-state index in [0.717, 1.165) is 28.7 Å². The number of aromatic nitrogens is 4. The van der Waals surface area contributed by atoms with Crippen LogP contribution in [0.4, 0.5) is 17.6 Å². The first-order chi connectivity index (χ1) is 16.8. The van der Waals surface area contributed by atoms with E-state index < -0.39 is 51.7 Å². The van der Waals surface area contributed by atoms with E-state index in [1.807, 2.05) is 12.1 Å². The van der Waals surface area contributed by atoms with Gasteiger partial charge in [-0.2, -0.15) is 0 Å². The normalized spacial score (nSPS) is 25.0. The number of ether oxygens (including phenoxy) is 1. The minimum absolute atomic E-state index is 0.0948. The quantitative estimate of drug-likeness (QED) is 0.430. The number of nitrogens with zero attached hydrogens (tertiary/aromatic N) is 4. The zero-order valence-electron chi connectivity index (χ0n) is 19.8. The fraction of sp³-hybridized carbons (Fsp3) is 0.480. The van der Waals surface area contributed by atoms with Crippen molar-refractivity contribution in [3.63, 3.8) is 0 Å². The molecule has 0 amide bonds. The van der Waals surface area contributed by atoms with Gasteiger partial charge in [0, 0.05) is 17.0 Å². The van der Waals surface area contributed by atoms with Crippen LogP contribution in [0, 0.1) is 17.0 Å². The van der Waals surface area contributed by atoms with E-state index in [1.54, 1.807) is 26.0 Å². The second kappa shape index (κ2) is 7.97. The first kappa shape index (κ1) is 24.6. The van der Waals surface area contributed by atoms with Crippen molar-refractivity contribution >= 4 is 0 Å². The fourth-order valence-corrected chi connectivity index (χ4v) is 5.70. The zero-order chi connectivity index (χ0) is 26.0. The summed E-state index contributed by atoms with van der Waals surface area (Å²) in [6.07, 6.45) is 1.33. The molecule has 3 aliphatic rings. The van der Waals surface area contributed by atoms with E-state index in [1.165, 1.54) is 0 Å². The molecule has 0 spiro atoms. The summed E-state index contributed by atoms with van der Waals surface area (Å²) in [5.74, 6) is -5.44. The number of benzene rings is 2. The van der Waals surface area contributed by atoms with Crippen LogP contribution in [0.5, 0.6) is 5.75 Å². The van der Waals surface area contributed by atoms with E-state index in [0.29, 0.717) is 11.8 Å². The molecule has 192 valence electrons. The Labute approximate surface area is 204 Å². The SMILES string of the molecule is CC(C)(O)COc1ccc(C23CC(C(F)(F)C(O)(Cn4cnnn4)c4ccc(F)cc4F)(C2)C3)cc1. The Bertz CT molecular complexity index is 1240. The third-order valence-corrected chi connectivity index (χ3v) is 7.43. The van der Waals surface area contributed by atoms with Gasteiger partial charge >= 0.3 is 0 Å². The van der Waals surface area contributed by atoms with Crippen LogP contribution in [0.15, 0.2) is 48.8 Å². The van der Waals surface area contributed by atoms with Crippen LogP contribution >= 0.6 is 0 Å². The molecule has 1 unspecified atom stereocenters. The van der Waals surface area contributed by atoms with Gasteiger partial charge in [0.15, 0.2) is 5.60 Å². The number of aliphatic hydroxyl groups is 2. The molecule has 3 aliphatic carbocycles. The molecule has 1 heterocycles. The second-order valence-electron chi connectivity index (χ2n) is 10.8. The lowest BCUT2D eigenvalue weighted by Crippen LogP contribution is -2.76. The largest absolute Gasteiger partial charge is 0.491 e. The van der Waals surface area contributed by atoms with Crippen LogP contribution < -0.4 is 4.74 Å². The number of hydrogen-bond acceptors (Lipinski definition) is 6. The number of halogens is 4. The first-order valence-corrected chi connectivity index (χ1v) is 11.5. The van der Waals surface area contributed by atoms with Gasteiger partial charge in [-0.3, -0.25) is 0 Å². The fourth-order valence-electron chi connectivity index (χ4n) is 5.70. The molecule has 1 aromatic heterocycles. The van der Waals surface area contributed by atoms with E-state index in [-0.39, 0.29) is 25.9 Å². The molecular formula is C25H26F4N4O3. The molecule has 3 aromatic rings. The van der Waals surface area contributed by atoms with Gasteiger partial charge in [-0.05, 0) is 78.8 Å². The number of alkyl halides is 2. The van der Waals surface area contributed by atoms with Crippen LogP contribution in [0.25, 0.3) is 0 Å². The second-order valence-corrected chi connectivity index (χ2v) is 10.8. The maximum Gasteiger partial charge on any atom is 0.287 e. The Morgan fingerprint density at radius 2 is 1.69 bits per heavy atom. The highest BCUT2D eigenvalue weighted by Gasteiger charge is 2.82. The molecule has 2 aromatic carbocycles. The average Bonchev–Trinajstić information content (AvgIpc) is 3.23. The maximum absolute atomic E-state index is 16.2. The van der Waals surface area contributed by atoms with Crippen LogP contribution in [0.2, 0.25) is 0 Å². The molecule has 0 radical (unpaired) electrons. The minimum atomic E-state index is -3.78. The Morgan fingerprint density at radius 1 is 1.03 bits per heavy atom. The Morgan fingerprint density at radius 3 is 2.25 bits per heavy atom. The van der Waals surface area contributed by atoms with Crippen molar-refractivity contribution in [2.75, 3.05) is 6.61 Å². The Hall–Kier alpha value is -3.05. The van der Waals surface area contributed by atoms with E-state index >= 15 is 8.78 Å². The molecule has 7 nitrogen and oxygen atoms in total. The summed E-state index contributed by atoms with van der Waals surface area (Å²) < 4.78 is 67.2. The van der Waals surface area contributed by atoms with Gasteiger partial charge in [-0.1, -0.05) is 12.1 Å². The van der Waals surface area contributed by atoms with Crippen LogP contribution in [0.1, 0.15) is 44.2 Å². The number of rotatable bonds is 9. The van der Waals surface area contributed by atoms with Crippen molar-refractivity contribution in [2.24, 2.45) is 5.41 Å². The van der Waals surface area contributed by atoms with Crippen molar-refractivity contribution in [1.82, 2.24) is 20.2 Å². The molecule has 0 saturated heterocycles. The summed E-state index contributed by atoms with van der Waals surface area (Å²) in [7, 11) is 0. The molecule has 11 heteroatoms. The maximum atomic E-state index is 16.2. The Kier molecular flexibility index (Phi) is 5.46. The van der Waals surface area contributed by atoms with Gasteiger partial charge in [0.2, 0.25) is 0 Å². The molecular weight excluding hydrogens is 480 g/mol. The smallest absolute Gasteiger partial charge is 0.287 e. The van der Waals surface area contributed by atoms with E-state index in [2.05, 4.69) is 15.5 Å². The lowest BCUT2D eigenvalue weighted by Gasteiger charge is -2.74. The number of tetrazole rings is 1. The van der Waals surface area contributed by atoms with Crippen molar-refractivity contribution < 1.29 is 32.5 Å². The average molecular weight is 507 g/mol. The van der Waals surface area contributed by atoms with Crippen LogP contribution in [-0.4, -0.2) is 48.6 Å². The lowest BCUT2D eigenvalue weighted by atomic mass is 9.30. The topological polar surface area (TPSA) is 93.3 Å². The van der Waals surface area contributed by atoms with Crippen molar-refractivity contribution in [3.8, 4) is 5.75 Å². The van der Waals surface area contributed by atoms with Crippen molar-refractivity contribution in [1.29, 1.82) is 0 Å². The third kappa shape index (κ3) is 3.76. The van der Waals surface area contributed by atoms with Gasteiger partial charge < -0.3 is 14.9 Å². The zero-order valence-corrected chi connectivity index (χ0v) is 19.8. The standard InChI is InChI=1S/C25H26F4N4O3/c1-21(2,34)14-36-18-6-3-16(4-7-18)22-10-23(11-22,12-22)25(28,29)24(35,13-33-15-30-31-32-33)19-8-5-17(26)9-20(19)27/h3-9,15,34-35H,10-14H2,1-2H3. The highest BCUT2D eigenvalue weighted by atomic mass is 19.3. The van der Waals surface area contributed by atoms with Crippen molar-refractivity contribution in [2.45, 2.75) is 62.2 Å². The predicted molar refractivity (Wildman–Crippen MR) is 119 cm³/mol. The van der Waals surface area contributed by atoms with Gasteiger partial charge in [0.25, 0.3) is 5.92 Å². The van der Waals surface area contributed by atoms with Crippen LogP contribution in [0.3, 0.4) is 0 Å². The molecule has 0 aliphatic heterocycles. The summed E-state index contributed by atoms with van der Waals surface area (Å²) in [6.45, 7) is 2.55.